The van der Waals surface area contributed by atoms with Gasteiger partial charge in [0.25, 0.3) is 0 Å². The van der Waals surface area contributed by atoms with E-state index in [0.29, 0.717) is 16.5 Å². The van der Waals surface area contributed by atoms with Crippen molar-refractivity contribution < 1.29 is 9.53 Å². The van der Waals surface area contributed by atoms with E-state index >= 15 is 0 Å². The number of hydrogen-bond acceptors (Lipinski definition) is 7. The summed E-state index contributed by atoms with van der Waals surface area (Å²) in [6.07, 6.45) is 0. The molecule has 0 saturated carbocycles. The van der Waals surface area contributed by atoms with E-state index in [1.54, 1.807) is 24.5 Å². The van der Waals surface area contributed by atoms with Crippen LogP contribution in [-0.4, -0.2) is 34.0 Å². The van der Waals surface area contributed by atoms with E-state index < -0.39 is 0 Å². The molecular weight excluding hydrogens is 416 g/mol. The van der Waals surface area contributed by atoms with Gasteiger partial charge in [0.05, 0.1) is 22.6 Å². The molecule has 1 amide bonds. The first-order chi connectivity index (χ1) is 14.5. The van der Waals surface area contributed by atoms with Crippen LogP contribution in [0, 0.1) is 13.8 Å². The Hall–Kier alpha value is -2.97. The van der Waals surface area contributed by atoms with Crippen molar-refractivity contribution in [3.05, 3.63) is 59.1 Å². The predicted octanol–water partition coefficient (Wildman–Crippen LogP) is 5.11. The van der Waals surface area contributed by atoms with Crippen molar-refractivity contribution in [1.82, 2.24) is 15.2 Å². The van der Waals surface area contributed by atoms with Gasteiger partial charge in [0.15, 0.2) is 0 Å². The third-order valence-electron chi connectivity index (χ3n) is 4.41. The molecule has 0 atom stereocenters. The molecule has 0 bridgehead atoms. The fraction of sp³-hybridized carbons (Fsp3) is 0.182. The van der Waals surface area contributed by atoms with Gasteiger partial charge in [0.2, 0.25) is 5.91 Å². The number of aromatic nitrogens is 3. The van der Waals surface area contributed by atoms with Gasteiger partial charge in [-0.15, -0.1) is 21.5 Å². The minimum absolute atomic E-state index is 0.127. The summed E-state index contributed by atoms with van der Waals surface area (Å²) in [7, 11) is 1.59. The molecule has 8 heteroatoms. The van der Waals surface area contributed by atoms with E-state index in [-0.39, 0.29) is 11.7 Å². The number of nitrogens with one attached hydrogen (secondary N) is 1. The number of carbonyl (C=O) groups excluding carboxylic acids is 1. The van der Waals surface area contributed by atoms with E-state index in [2.05, 4.69) is 39.6 Å². The second-order valence-electron chi connectivity index (χ2n) is 6.70. The van der Waals surface area contributed by atoms with Crippen LogP contribution < -0.4 is 10.1 Å². The first-order valence-electron chi connectivity index (χ1n) is 9.31. The van der Waals surface area contributed by atoms with Gasteiger partial charge in [-0.1, -0.05) is 47.7 Å². The van der Waals surface area contributed by atoms with E-state index in [1.807, 2.05) is 37.3 Å². The third-order valence-corrected chi connectivity index (χ3v) is 6.34. The summed E-state index contributed by atoms with van der Waals surface area (Å²) >= 11 is 2.93. The minimum Gasteiger partial charge on any atom is -0.497 e. The summed E-state index contributed by atoms with van der Waals surface area (Å²) in [5.41, 5.74) is 4.50. The largest absolute Gasteiger partial charge is 0.497 e. The zero-order chi connectivity index (χ0) is 21.1. The summed E-state index contributed by atoms with van der Waals surface area (Å²) in [6.45, 7) is 4.02. The van der Waals surface area contributed by atoms with Gasteiger partial charge in [-0.3, -0.25) is 4.79 Å². The Kier molecular flexibility index (Phi) is 5.96. The standard InChI is InChI=1S/C22H20N4O2S2/c1-13-7-9-15(10-8-13)19-21-20(23-14(2)30-21)22(26-25-19)29-12-18(27)24-16-5-4-6-17(11-16)28-3/h4-11H,12H2,1-3H3,(H,24,27). The number of rotatable bonds is 6. The number of nitrogens with zero attached hydrogens (tertiary/aromatic N) is 3. The summed E-state index contributed by atoms with van der Waals surface area (Å²) in [5.74, 6) is 0.775. The lowest BCUT2D eigenvalue weighted by Crippen LogP contribution is -2.14. The summed E-state index contributed by atoms with van der Waals surface area (Å²) in [4.78, 5) is 17.1. The Labute approximate surface area is 182 Å². The van der Waals surface area contributed by atoms with Gasteiger partial charge in [0, 0.05) is 17.3 Å². The number of thioether (sulfide) groups is 1. The van der Waals surface area contributed by atoms with Crippen molar-refractivity contribution in [3.63, 3.8) is 0 Å². The van der Waals surface area contributed by atoms with Crippen LogP contribution in [0.1, 0.15) is 10.6 Å². The number of carbonyl (C=O) groups is 1. The Bertz CT molecular complexity index is 1210. The van der Waals surface area contributed by atoms with Crippen molar-refractivity contribution in [3.8, 4) is 17.0 Å². The average molecular weight is 437 g/mol. The zero-order valence-corrected chi connectivity index (χ0v) is 18.4. The van der Waals surface area contributed by atoms with Gasteiger partial charge in [-0.25, -0.2) is 4.98 Å². The first-order valence-corrected chi connectivity index (χ1v) is 11.1. The number of amides is 1. The van der Waals surface area contributed by atoms with Crippen molar-refractivity contribution in [2.24, 2.45) is 0 Å². The van der Waals surface area contributed by atoms with Gasteiger partial charge in [-0.05, 0) is 26.0 Å². The molecule has 0 aliphatic carbocycles. The number of fused-ring (bicyclic) bond motifs is 1. The van der Waals surface area contributed by atoms with E-state index in [1.165, 1.54) is 17.3 Å². The number of anilines is 1. The van der Waals surface area contributed by atoms with Crippen molar-refractivity contribution in [1.29, 1.82) is 0 Å². The van der Waals surface area contributed by atoms with Gasteiger partial charge in [-0.2, -0.15) is 0 Å². The lowest BCUT2D eigenvalue weighted by molar-refractivity contribution is -0.113. The molecule has 152 valence electrons. The van der Waals surface area contributed by atoms with Gasteiger partial charge >= 0.3 is 0 Å². The van der Waals surface area contributed by atoms with E-state index in [0.717, 1.165) is 26.5 Å². The molecule has 0 aliphatic rings. The van der Waals surface area contributed by atoms with Gasteiger partial charge < -0.3 is 10.1 Å². The lowest BCUT2D eigenvalue weighted by atomic mass is 10.1. The Balaban J connectivity index is 1.54. The summed E-state index contributed by atoms with van der Waals surface area (Å²) < 4.78 is 6.18. The molecule has 2 aromatic carbocycles. The van der Waals surface area contributed by atoms with Crippen LogP contribution in [0.25, 0.3) is 21.5 Å². The molecule has 2 heterocycles. The number of thiazole rings is 1. The lowest BCUT2D eigenvalue weighted by Gasteiger charge is -2.07. The highest BCUT2D eigenvalue weighted by molar-refractivity contribution is 8.00. The second kappa shape index (κ2) is 8.81. The molecule has 30 heavy (non-hydrogen) atoms. The third kappa shape index (κ3) is 4.44. The molecular formula is C22H20N4O2S2. The van der Waals surface area contributed by atoms with E-state index in [4.69, 9.17) is 4.74 Å². The highest BCUT2D eigenvalue weighted by Gasteiger charge is 2.17. The number of hydrogen-bond donors (Lipinski definition) is 1. The molecule has 0 unspecified atom stereocenters. The zero-order valence-electron chi connectivity index (χ0n) is 16.8. The molecule has 0 radical (unpaired) electrons. The van der Waals surface area contributed by atoms with Crippen LogP contribution in [0.5, 0.6) is 5.75 Å². The van der Waals surface area contributed by atoms with Crippen LogP contribution in [-0.2, 0) is 4.79 Å². The number of benzene rings is 2. The monoisotopic (exact) mass is 436 g/mol. The fourth-order valence-electron chi connectivity index (χ4n) is 2.95. The highest BCUT2D eigenvalue weighted by atomic mass is 32.2. The molecule has 1 N–H and O–H groups in total. The van der Waals surface area contributed by atoms with Crippen LogP contribution in [0.3, 0.4) is 0 Å². The molecule has 4 rings (SSSR count). The van der Waals surface area contributed by atoms with Crippen molar-refractivity contribution in [2.45, 2.75) is 18.9 Å². The normalized spacial score (nSPS) is 10.9. The average Bonchev–Trinajstić information content (AvgIpc) is 3.14. The maximum Gasteiger partial charge on any atom is 0.234 e. The summed E-state index contributed by atoms with van der Waals surface area (Å²) in [6, 6.07) is 15.5. The van der Waals surface area contributed by atoms with Gasteiger partial charge in [0.1, 0.15) is 22.0 Å². The van der Waals surface area contributed by atoms with Crippen LogP contribution in [0.15, 0.2) is 53.6 Å². The Morgan fingerprint density at radius 1 is 1.13 bits per heavy atom. The topological polar surface area (TPSA) is 77.0 Å². The summed E-state index contributed by atoms with van der Waals surface area (Å²) in [5, 5.41) is 13.3. The molecule has 0 aliphatic heterocycles. The van der Waals surface area contributed by atoms with Crippen molar-refractivity contribution >= 4 is 44.9 Å². The Morgan fingerprint density at radius 3 is 2.70 bits per heavy atom. The fourth-order valence-corrected chi connectivity index (χ4v) is 4.66. The number of methoxy groups -OCH3 is 1. The molecule has 4 aromatic rings. The smallest absolute Gasteiger partial charge is 0.234 e. The molecule has 2 aromatic heterocycles. The highest BCUT2D eigenvalue weighted by Crippen LogP contribution is 2.35. The molecule has 0 saturated heterocycles. The van der Waals surface area contributed by atoms with Crippen LogP contribution in [0.4, 0.5) is 5.69 Å². The molecule has 0 spiro atoms. The Morgan fingerprint density at radius 2 is 1.93 bits per heavy atom. The molecule has 0 fully saturated rings. The maximum atomic E-state index is 12.4. The first kappa shape index (κ1) is 20.3. The SMILES string of the molecule is COc1cccc(NC(=O)CSc2nnc(-c3ccc(C)cc3)c3sc(C)nc23)c1. The number of aryl methyl sites for hydroxylation is 2. The quantitative estimate of drug-likeness (QED) is 0.423. The maximum absolute atomic E-state index is 12.4. The van der Waals surface area contributed by atoms with Crippen LogP contribution >= 0.6 is 23.1 Å². The molecule has 6 nitrogen and oxygen atoms in total. The number of ether oxygens (including phenoxy) is 1. The van der Waals surface area contributed by atoms with E-state index in [9.17, 15) is 4.79 Å². The van der Waals surface area contributed by atoms with Crippen LogP contribution in [0.2, 0.25) is 0 Å². The van der Waals surface area contributed by atoms with Crippen molar-refractivity contribution in [2.75, 3.05) is 18.2 Å². The second-order valence-corrected chi connectivity index (χ2v) is 8.87. The predicted molar refractivity (Wildman–Crippen MR) is 122 cm³/mol. The minimum atomic E-state index is -0.127.